The molecule has 0 aromatic carbocycles. The average Bonchev–Trinajstić information content (AvgIpc) is 2.13. The van der Waals surface area contributed by atoms with Crippen molar-refractivity contribution in [2.24, 2.45) is 17.3 Å². The van der Waals surface area contributed by atoms with Crippen molar-refractivity contribution in [1.29, 1.82) is 0 Å². The molecule has 15 heavy (non-hydrogen) atoms. The Bertz CT molecular complexity index is 207. The Morgan fingerprint density at radius 2 is 1.67 bits per heavy atom. The van der Waals surface area contributed by atoms with Crippen molar-refractivity contribution >= 4 is 0 Å². The zero-order chi connectivity index (χ0) is 11.8. The van der Waals surface area contributed by atoms with E-state index in [9.17, 15) is 10.2 Å². The van der Waals surface area contributed by atoms with Gasteiger partial charge in [0.25, 0.3) is 0 Å². The molecule has 5 atom stereocenters. The Labute approximate surface area is 92.4 Å². The van der Waals surface area contributed by atoms with Crippen LogP contribution in [-0.4, -0.2) is 35.1 Å². The standard InChI is InChI=1S/C12H24O3/c1-7-8(2)10(14)11(12(3,4)5)15-9(7)6-13/h7-11,13-14H,6H2,1-5H3. The van der Waals surface area contributed by atoms with Gasteiger partial charge in [-0.2, -0.15) is 0 Å². The number of rotatable bonds is 1. The lowest BCUT2D eigenvalue weighted by Gasteiger charge is -2.47. The Balaban J connectivity index is 2.83. The highest BCUT2D eigenvalue weighted by atomic mass is 16.5. The van der Waals surface area contributed by atoms with Gasteiger partial charge in [0.05, 0.1) is 24.9 Å². The second-order valence-electron chi connectivity index (χ2n) is 5.85. The summed E-state index contributed by atoms with van der Waals surface area (Å²) in [6.07, 6.45) is -0.781. The topological polar surface area (TPSA) is 49.7 Å². The van der Waals surface area contributed by atoms with Gasteiger partial charge in [-0.3, -0.25) is 0 Å². The predicted molar refractivity (Wildman–Crippen MR) is 59.5 cm³/mol. The molecule has 0 amide bonds. The Morgan fingerprint density at radius 3 is 2.07 bits per heavy atom. The summed E-state index contributed by atoms with van der Waals surface area (Å²) < 4.78 is 5.79. The molecule has 2 N–H and O–H groups in total. The van der Waals surface area contributed by atoms with E-state index in [-0.39, 0.29) is 36.1 Å². The summed E-state index contributed by atoms with van der Waals surface area (Å²) in [7, 11) is 0. The first-order chi connectivity index (χ1) is 6.79. The number of aliphatic hydroxyl groups excluding tert-OH is 2. The molecule has 1 fully saturated rings. The van der Waals surface area contributed by atoms with E-state index < -0.39 is 6.10 Å². The van der Waals surface area contributed by atoms with E-state index in [1.807, 2.05) is 13.8 Å². The molecule has 1 heterocycles. The van der Waals surface area contributed by atoms with E-state index in [1.165, 1.54) is 0 Å². The summed E-state index contributed by atoms with van der Waals surface area (Å²) in [6, 6.07) is 0. The second-order valence-corrected chi connectivity index (χ2v) is 5.85. The molecule has 1 aliphatic rings. The maximum absolute atomic E-state index is 10.2. The fourth-order valence-electron chi connectivity index (χ4n) is 2.24. The van der Waals surface area contributed by atoms with Crippen LogP contribution in [0.3, 0.4) is 0 Å². The molecule has 1 rings (SSSR count). The third-order valence-electron chi connectivity index (χ3n) is 3.62. The van der Waals surface area contributed by atoms with E-state index in [0.717, 1.165) is 0 Å². The highest BCUT2D eigenvalue weighted by molar-refractivity contribution is 4.92. The van der Waals surface area contributed by atoms with Gasteiger partial charge in [-0.05, 0) is 17.3 Å². The van der Waals surface area contributed by atoms with Crippen LogP contribution in [-0.2, 0) is 4.74 Å². The van der Waals surface area contributed by atoms with Gasteiger partial charge in [0, 0.05) is 0 Å². The second kappa shape index (κ2) is 4.40. The van der Waals surface area contributed by atoms with E-state index in [4.69, 9.17) is 4.74 Å². The third kappa shape index (κ3) is 2.52. The smallest absolute Gasteiger partial charge is 0.0889 e. The minimum Gasteiger partial charge on any atom is -0.394 e. The summed E-state index contributed by atoms with van der Waals surface area (Å²) in [6.45, 7) is 10.2. The lowest BCUT2D eigenvalue weighted by molar-refractivity contribution is -0.208. The van der Waals surface area contributed by atoms with Crippen molar-refractivity contribution in [3.63, 3.8) is 0 Å². The lowest BCUT2D eigenvalue weighted by Crippen LogP contribution is -2.54. The Kier molecular flexibility index (Phi) is 3.80. The number of hydrogen-bond acceptors (Lipinski definition) is 3. The quantitative estimate of drug-likeness (QED) is 0.697. The molecule has 3 heteroatoms. The molecular weight excluding hydrogens is 192 g/mol. The molecule has 1 saturated heterocycles. The van der Waals surface area contributed by atoms with E-state index >= 15 is 0 Å². The first-order valence-corrected chi connectivity index (χ1v) is 5.73. The normalized spacial score (nSPS) is 43.0. The van der Waals surface area contributed by atoms with Crippen molar-refractivity contribution in [1.82, 2.24) is 0 Å². The number of hydrogen-bond donors (Lipinski definition) is 2. The van der Waals surface area contributed by atoms with Crippen LogP contribution in [0.2, 0.25) is 0 Å². The maximum Gasteiger partial charge on any atom is 0.0889 e. The molecule has 0 aromatic rings. The SMILES string of the molecule is CC1C(CO)OC(C(C)(C)C)C(O)C1C. The van der Waals surface area contributed by atoms with Crippen LogP contribution in [0.15, 0.2) is 0 Å². The van der Waals surface area contributed by atoms with Gasteiger partial charge in [-0.1, -0.05) is 34.6 Å². The molecular formula is C12H24O3. The van der Waals surface area contributed by atoms with Gasteiger partial charge in [0.1, 0.15) is 0 Å². The molecule has 0 aromatic heterocycles. The van der Waals surface area contributed by atoms with Crippen LogP contribution in [0.25, 0.3) is 0 Å². The Morgan fingerprint density at radius 1 is 1.13 bits per heavy atom. The van der Waals surface area contributed by atoms with Gasteiger partial charge >= 0.3 is 0 Å². The summed E-state index contributed by atoms with van der Waals surface area (Å²) in [5, 5.41) is 19.4. The van der Waals surface area contributed by atoms with E-state index in [0.29, 0.717) is 0 Å². The van der Waals surface area contributed by atoms with Crippen LogP contribution in [0.4, 0.5) is 0 Å². The van der Waals surface area contributed by atoms with E-state index in [1.54, 1.807) is 0 Å². The monoisotopic (exact) mass is 216 g/mol. The number of ether oxygens (including phenoxy) is 1. The van der Waals surface area contributed by atoms with Gasteiger partial charge in [0.15, 0.2) is 0 Å². The largest absolute Gasteiger partial charge is 0.394 e. The van der Waals surface area contributed by atoms with Crippen molar-refractivity contribution in [2.75, 3.05) is 6.61 Å². The predicted octanol–water partition coefficient (Wildman–Crippen LogP) is 1.43. The molecule has 90 valence electrons. The van der Waals surface area contributed by atoms with Crippen LogP contribution in [0.1, 0.15) is 34.6 Å². The van der Waals surface area contributed by atoms with Crippen molar-refractivity contribution in [3.05, 3.63) is 0 Å². The van der Waals surface area contributed by atoms with Gasteiger partial charge in [-0.25, -0.2) is 0 Å². The lowest BCUT2D eigenvalue weighted by atomic mass is 9.74. The van der Waals surface area contributed by atoms with Gasteiger partial charge < -0.3 is 14.9 Å². The zero-order valence-corrected chi connectivity index (χ0v) is 10.4. The maximum atomic E-state index is 10.2. The van der Waals surface area contributed by atoms with Gasteiger partial charge in [0.2, 0.25) is 0 Å². The highest BCUT2D eigenvalue weighted by Gasteiger charge is 2.44. The van der Waals surface area contributed by atoms with Crippen molar-refractivity contribution in [3.8, 4) is 0 Å². The molecule has 5 unspecified atom stereocenters. The number of aliphatic hydroxyl groups is 2. The summed E-state index contributed by atoms with van der Waals surface area (Å²) in [5.41, 5.74) is -0.0960. The van der Waals surface area contributed by atoms with Crippen LogP contribution >= 0.6 is 0 Å². The summed E-state index contributed by atoms with van der Waals surface area (Å²) >= 11 is 0. The summed E-state index contributed by atoms with van der Waals surface area (Å²) in [4.78, 5) is 0. The van der Waals surface area contributed by atoms with Gasteiger partial charge in [-0.15, -0.1) is 0 Å². The van der Waals surface area contributed by atoms with Crippen LogP contribution < -0.4 is 0 Å². The average molecular weight is 216 g/mol. The minimum absolute atomic E-state index is 0.0325. The molecule has 0 aliphatic carbocycles. The zero-order valence-electron chi connectivity index (χ0n) is 10.4. The minimum atomic E-state index is -0.442. The summed E-state index contributed by atoms with van der Waals surface area (Å²) in [5.74, 6) is 0.365. The van der Waals surface area contributed by atoms with Crippen LogP contribution in [0, 0.1) is 17.3 Å². The third-order valence-corrected chi connectivity index (χ3v) is 3.62. The molecule has 0 radical (unpaired) electrons. The first kappa shape index (κ1) is 12.9. The molecule has 0 bridgehead atoms. The molecule has 1 aliphatic heterocycles. The molecule has 0 saturated carbocycles. The highest BCUT2D eigenvalue weighted by Crippen LogP contribution is 2.37. The Hall–Kier alpha value is -0.120. The first-order valence-electron chi connectivity index (χ1n) is 5.73. The fraction of sp³-hybridized carbons (Fsp3) is 1.00. The molecule has 0 spiro atoms. The van der Waals surface area contributed by atoms with E-state index in [2.05, 4.69) is 20.8 Å². The van der Waals surface area contributed by atoms with Crippen molar-refractivity contribution < 1.29 is 14.9 Å². The van der Waals surface area contributed by atoms with Crippen LogP contribution in [0.5, 0.6) is 0 Å². The fourth-order valence-corrected chi connectivity index (χ4v) is 2.24. The van der Waals surface area contributed by atoms with Crippen molar-refractivity contribution in [2.45, 2.75) is 52.9 Å². The molecule has 3 nitrogen and oxygen atoms in total.